The van der Waals surface area contributed by atoms with Crippen molar-refractivity contribution in [2.24, 2.45) is 11.1 Å². The Hall–Kier alpha value is -1.49. The van der Waals surface area contributed by atoms with Crippen molar-refractivity contribution >= 4 is 5.97 Å². The number of ether oxygens (including phenoxy) is 1. The summed E-state index contributed by atoms with van der Waals surface area (Å²) in [6.07, 6.45) is 1.99. The molecule has 3 nitrogen and oxygen atoms in total. The Morgan fingerprint density at radius 1 is 1.44 bits per heavy atom. The summed E-state index contributed by atoms with van der Waals surface area (Å²) in [4.78, 5) is 11.8. The average molecular weight is 255 g/mol. The zero-order valence-electron chi connectivity index (χ0n) is 10.1. The summed E-state index contributed by atoms with van der Waals surface area (Å²) >= 11 is 0. The molecule has 1 aliphatic rings. The number of carbonyl (C=O) groups is 1. The quantitative estimate of drug-likeness (QED) is 0.843. The number of methoxy groups -OCH3 is 1. The molecule has 1 unspecified atom stereocenters. The van der Waals surface area contributed by atoms with Gasteiger partial charge < -0.3 is 10.5 Å². The normalized spacial score (nSPS) is 18.9. The van der Waals surface area contributed by atoms with Crippen molar-refractivity contribution in [3.8, 4) is 0 Å². The van der Waals surface area contributed by atoms with E-state index < -0.39 is 29.1 Å². The van der Waals surface area contributed by atoms with Gasteiger partial charge in [-0.05, 0) is 18.9 Å². The van der Waals surface area contributed by atoms with Crippen molar-refractivity contribution < 1.29 is 18.3 Å². The fourth-order valence-electron chi connectivity index (χ4n) is 2.45. The van der Waals surface area contributed by atoms with E-state index in [4.69, 9.17) is 10.5 Å². The molecule has 1 fully saturated rings. The van der Waals surface area contributed by atoms with Crippen LogP contribution < -0.4 is 5.73 Å². The zero-order valence-corrected chi connectivity index (χ0v) is 10.1. The van der Waals surface area contributed by atoms with Crippen LogP contribution in [0.3, 0.4) is 0 Å². The molecule has 0 bridgehead atoms. The lowest BCUT2D eigenvalue weighted by molar-refractivity contribution is -0.160. The van der Waals surface area contributed by atoms with Crippen LogP contribution in [-0.4, -0.2) is 13.1 Å². The van der Waals surface area contributed by atoms with Gasteiger partial charge in [0, 0.05) is 17.7 Å². The Morgan fingerprint density at radius 2 is 2.11 bits per heavy atom. The third kappa shape index (κ3) is 1.88. The second-order valence-corrected chi connectivity index (χ2v) is 4.64. The molecule has 1 atom stereocenters. The molecule has 0 aliphatic heterocycles. The number of nitrogens with two attached hydrogens (primary N) is 1. The standard InChI is InChI=1S/C13H15F2NO2/c1-18-12(17)13(5-2-6-13)11(16)9-4-3-8(14)7-10(9)15/h3-4,7,11H,2,5-6,16H2,1H3. The fraction of sp³-hybridized carbons (Fsp3) is 0.462. The van der Waals surface area contributed by atoms with E-state index in [0.717, 1.165) is 18.6 Å². The number of rotatable bonds is 3. The van der Waals surface area contributed by atoms with Gasteiger partial charge in [0.25, 0.3) is 0 Å². The summed E-state index contributed by atoms with van der Waals surface area (Å²) in [5.41, 5.74) is 5.29. The van der Waals surface area contributed by atoms with Gasteiger partial charge in [-0.3, -0.25) is 4.79 Å². The van der Waals surface area contributed by atoms with E-state index in [2.05, 4.69) is 0 Å². The van der Waals surface area contributed by atoms with Crippen LogP contribution in [0.1, 0.15) is 30.9 Å². The average Bonchev–Trinajstić information content (AvgIpc) is 2.26. The van der Waals surface area contributed by atoms with Crippen molar-refractivity contribution in [2.45, 2.75) is 25.3 Å². The number of carbonyl (C=O) groups excluding carboxylic acids is 1. The number of benzene rings is 1. The van der Waals surface area contributed by atoms with E-state index in [1.807, 2.05) is 0 Å². The lowest BCUT2D eigenvalue weighted by atomic mass is 9.62. The summed E-state index contributed by atoms with van der Waals surface area (Å²) < 4.78 is 31.3. The maximum absolute atomic E-state index is 13.7. The predicted molar refractivity (Wildman–Crippen MR) is 61.6 cm³/mol. The van der Waals surface area contributed by atoms with Crippen LogP contribution in [0.25, 0.3) is 0 Å². The number of halogens is 2. The maximum atomic E-state index is 13.7. The van der Waals surface area contributed by atoms with E-state index in [1.165, 1.54) is 13.2 Å². The van der Waals surface area contributed by atoms with E-state index in [9.17, 15) is 13.6 Å². The van der Waals surface area contributed by atoms with Crippen LogP contribution >= 0.6 is 0 Å². The molecule has 0 saturated heterocycles. The lowest BCUT2D eigenvalue weighted by Crippen LogP contribution is -2.47. The molecule has 18 heavy (non-hydrogen) atoms. The first-order valence-corrected chi connectivity index (χ1v) is 5.80. The minimum Gasteiger partial charge on any atom is -0.469 e. The van der Waals surface area contributed by atoms with Gasteiger partial charge in [0.15, 0.2) is 0 Å². The molecule has 2 rings (SSSR count). The highest BCUT2D eigenvalue weighted by molar-refractivity contribution is 5.79. The smallest absolute Gasteiger partial charge is 0.313 e. The van der Waals surface area contributed by atoms with Crippen LogP contribution in [0, 0.1) is 17.0 Å². The molecule has 0 heterocycles. The highest BCUT2D eigenvalue weighted by atomic mass is 19.1. The van der Waals surface area contributed by atoms with E-state index in [0.29, 0.717) is 12.8 Å². The Bertz CT molecular complexity index is 472. The Labute approximate surface area is 104 Å². The molecular weight excluding hydrogens is 240 g/mol. The van der Waals surface area contributed by atoms with Crippen molar-refractivity contribution in [1.82, 2.24) is 0 Å². The molecule has 98 valence electrons. The summed E-state index contributed by atoms with van der Waals surface area (Å²) in [5, 5.41) is 0. The topological polar surface area (TPSA) is 52.3 Å². The van der Waals surface area contributed by atoms with Gasteiger partial charge in [0.2, 0.25) is 0 Å². The van der Waals surface area contributed by atoms with Gasteiger partial charge >= 0.3 is 5.97 Å². The minimum absolute atomic E-state index is 0.154. The Kier molecular flexibility index (Phi) is 3.34. The number of hydrogen-bond donors (Lipinski definition) is 1. The van der Waals surface area contributed by atoms with Gasteiger partial charge in [0.05, 0.1) is 12.5 Å². The molecule has 0 radical (unpaired) electrons. The summed E-state index contributed by atoms with van der Waals surface area (Å²) in [6, 6.07) is 2.40. The Balaban J connectivity index is 2.35. The van der Waals surface area contributed by atoms with E-state index >= 15 is 0 Å². The largest absolute Gasteiger partial charge is 0.469 e. The molecule has 0 aromatic heterocycles. The molecule has 1 saturated carbocycles. The molecule has 0 spiro atoms. The SMILES string of the molecule is COC(=O)C1(C(N)c2ccc(F)cc2F)CCC1. The van der Waals surface area contributed by atoms with Crippen LogP contribution in [0.5, 0.6) is 0 Å². The molecule has 1 aromatic rings. The van der Waals surface area contributed by atoms with Crippen molar-refractivity contribution in [2.75, 3.05) is 7.11 Å². The van der Waals surface area contributed by atoms with Crippen LogP contribution in [-0.2, 0) is 9.53 Å². The predicted octanol–water partition coefficient (Wildman–Crippen LogP) is 2.31. The second kappa shape index (κ2) is 4.65. The molecule has 1 aromatic carbocycles. The molecular formula is C13H15F2NO2. The minimum atomic E-state index is -0.868. The van der Waals surface area contributed by atoms with Gasteiger partial charge in [0.1, 0.15) is 11.6 Å². The highest BCUT2D eigenvalue weighted by Crippen LogP contribution is 2.50. The first-order chi connectivity index (χ1) is 8.51. The van der Waals surface area contributed by atoms with Crippen molar-refractivity contribution in [3.05, 3.63) is 35.4 Å². The van der Waals surface area contributed by atoms with Gasteiger partial charge in [-0.2, -0.15) is 0 Å². The fourth-order valence-corrected chi connectivity index (χ4v) is 2.45. The monoisotopic (exact) mass is 255 g/mol. The van der Waals surface area contributed by atoms with E-state index in [-0.39, 0.29) is 5.56 Å². The molecule has 5 heteroatoms. The van der Waals surface area contributed by atoms with Crippen LogP contribution in [0.15, 0.2) is 18.2 Å². The second-order valence-electron chi connectivity index (χ2n) is 4.64. The Morgan fingerprint density at radius 3 is 2.56 bits per heavy atom. The van der Waals surface area contributed by atoms with E-state index in [1.54, 1.807) is 0 Å². The van der Waals surface area contributed by atoms with Gasteiger partial charge in [-0.1, -0.05) is 12.5 Å². The molecule has 1 aliphatic carbocycles. The number of esters is 1. The maximum Gasteiger partial charge on any atom is 0.313 e. The third-order valence-electron chi connectivity index (χ3n) is 3.73. The van der Waals surface area contributed by atoms with Crippen LogP contribution in [0.2, 0.25) is 0 Å². The molecule has 2 N–H and O–H groups in total. The lowest BCUT2D eigenvalue weighted by Gasteiger charge is -2.43. The summed E-state index contributed by atoms with van der Waals surface area (Å²) in [5.74, 6) is -1.81. The van der Waals surface area contributed by atoms with Gasteiger partial charge in [-0.15, -0.1) is 0 Å². The van der Waals surface area contributed by atoms with Gasteiger partial charge in [-0.25, -0.2) is 8.78 Å². The first kappa shape index (κ1) is 13.0. The van der Waals surface area contributed by atoms with Crippen molar-refractivity contribution in [3.63, 3.8) is 0 Å². The van der Waals surface area contributed by atoms with Crippen molar-refractivity contribution in [1.29, 1.82) is 0 Å². The third-order valence-corrected chi connectivity index (χ3v) is 3.73. The highest BCUT2D eigenvalue weighted by Gasteiger charge is 2.51. The zero-order chi connectivity index (χ0) is 13.3. The first-order valence-electron chi connectivity index (χ1n) is 5.80. The van der Waals surface area contributed by atoms with Crippen LogP contribution in [0.4, 0.5) is 8.78 Å². The number of hydrogen-bond acceptors (Lipinski definition) is 3. The molecule has 0 amide bonds. The summed E-state index contributed by atoms with van der Waals surface area (Å²) in [6.45, 7) is 0. The summed E-state index contributed by atoms with van der Waals surface area (Å²) in [7, 11) is 1.29.